The lowest BCUT2D eigenvalue weighted by molar-refractivity contribution is -0.147. The van der Waals surface area contributed by atoms with E-state index < -0.39 is 24.9 Å². The Labute approximate surface area is 201 Å². The van der Waals surface area contributed by atoms with Gasteiger partial charge in [0.1, 0.15) is 12.6 Å². The zero-order chi connectivity index (χ0) is 23.8. The first-order valence-electron chi connectivity index (χ1n) is 11.3. The minimum absolute atomic E-state index is 0.191. The van der Waals surface area contributed by atoms with Crippen molar-refractivity contribution in [2.24, 2.45) is 0 Å². The van der Waals surface area contributed by atoms with E-state index in [2.05, 4.69) is 5.32 Å². The summed E-state index contributed by atoms with van der Waals surface area (Å²) >= 11 is 0. The van der Waals surface area contributed by atoms with Crippen LogP contribution >= 0.6 is 7.14 Å². The average Bonchev–Trinajstić information content (AvgIpc) is 2.92. The number of rotatable bonds is 9. The molecule has 2 atom stereocenters. The molecule has 1 N–H and O–H groups in total. The third-order valence-corrected chi connectivity index (χ3v) is 9.05. The Hall–Kier alpha value is -3.46. The quantitative estimate of drug-likeness (QED) is 0.263. The average molecular weight is 470 g/mol. The van der Waals surface area contributed by atoms with Gasteiger partial charge in [0.05, 0.1) is 5.78 Å². The van der Waals surface area contributed by atoms with Crippen LogP contribution in [-0.4, -0.2) is 12.0 Å². The normalized spacial score (nSPS) is 13.1. The van der Waals surface area contributed by atoms with Crippen molar-refractivity contribution in [2.75, 3.05) is 0 Å². The van der Waals surface area contributed by atoms with E-state index >= 15 is 4.57 Å². The van der Waals surface area contributed by atoms with Crippen LogP contribution in [0.25, 0.3) is 0 Å². The molecule has 172 valence electrons. The van der Waals surface area contributed by atoms with E-state index in [0.29, 0.717) is 0 Å². The highest BCUT2D eigenvalue weighted by atomic mass is 31.2. The van der Waals surface area contributed by atoms with Gasteiger partial charge in [0, 0.05) is 10.6 Å². The topological polar surface area (TPSA) is 55.4 Å². The summed E-state index contributed by atoms with van der Waals surface area (Å²) in [5.74, 6) is -1.00. The van der Waals surface area contributed by atoms with Crippen molar-refractivity contribution in [1.29, 1.82) is 0 Å². The lowest BCUT2D eigenvalue weighted by atomic mass is 10.2. The largest absolute Gasteiger partial charge is 0.460 e. The Morgan fingerprint density at radius 3 is 1.68 bits per heavy atom. The first kappa shape index (κ1) is 23.7. The van der Waals surface area contributed by atoms with Crippen LogP contribution in [0.3, 0.4) is 0 Å². The zero-order valence-corrected chi connectivity index (χ0v) is 20.0. The Morgan fingerprint density at radius 2 is 1.18 bits per heavy atom. The molecular formula is C29H28NO3P. The molecule has 0 heterocycles. The molecule has 0 aromatic heterocycles. The molecule has 34 heavy (non-hydrogen) atoms. The van der Waals surface area contributed by atoms with Gasteiger partial charge in [-0.1, -0.05) is 121 Å². The molecule has 4 aromatic rings. The monoisotopic (exact) mass is 469 g/mol. The van der Waals surface area contributed by atoms with E-state index in [4.69, 9.17) is 4.74 Å². The van der Waals surface area contributed by atoms with E-state index in [-0.39, 0.29) is 6.61 Å². The predicted molar refractivity (Wildman–Crippen MR) is 138 cm³/mol. The molecule has 4 rings (SSSR count). The first-order valence-corrected chi connectivity index (χ1v) is 13.1. The minimum Gasteiger partial charge on any atom is -0.460 e. The fourth-order valence-electron chi connectivity index (χ4n) is 3.95. The highest BCUT2D eigenvalue weighted by molar-refractivity contribution is 7.79. The lowest BCUT2D eigenvalue weighted by Gasteiger charge is -2.32. The Morgan fingerprint density at radius 1 is 0.735 bits per heavy atom. The van der Waals surface area contributed by atoms with Gasteiger partial charge in [0.25, 0.3) is 0 Å². The molecule has 4 aromatic carbocycles. The summed E-state index contributed by atoms with van der Waals surface area (Å²) in [5, 5.41) is 4.83. The van der Waals surface area contributed by atoms with Crippen molar-refractivity contribution < 1.29 is 14.1 Å². The third-order valence-electron chi connectivity index (χ3n) is 5.74. The van der Waals surface area contributed by atoms with Gasteiger partial charge < -0.3 is 9.30 Å². The van der Waals surface area contributed by atoms with Crippen LogP contribution in [0.2, 0.25) is 0 Å². The van der Waals surface area contributed by atoms with Gasteiger partial charge >= 0.3 is 5.97 Å². The van der Waals surface area contributed by atoms with Crippen molar-refractivity contribution in [3.05, 3.63) is 132 Å². The molecule has 0 saturated heterocycles. The predicted octanol–water partition coefficient (Wildman–Crippen LogP) is 5.42. The van der Waals surface area contributed by atoms with Crippen LogP contribution in [0.4, 0.5) is 0 Å². The Bertz CT molecular complexity index is 1190. The summed E-state index contributed by atoms with van der Waals surface area (Å²) in [7, 11) is -3.25. The number of nitrogens with one attached hydrogen (secondary N) is 1. The standard InChI is InChI=1S/C29H28NO3P/c1-23(29(31)33-22-24-14-6-2-7-15-24)30-28(25-16-8-3-9-17-25)34(32,26-18-10-4-11-19-26)27-20-12-5-13-21-27/h2-21,23,28,30H,22H2,1H3/t23-,28-/m1/s1. The molecule has 0 aliphatic carbocycles. The van der Waals surface area contributed by atoms with Gasteiger partial charge in [0.2, 0.25) is 0 Å². The van der Waals surface area contributed by atoms with Crippen LogP contribution in [0.15, 0.2) is 121 Å². The molecule has 0 aliphatic heterocycles. The molecule has 0 spiro atoms. The van der Waals surface area contributed by atoms with Crippen LogP contribution in [0.1, 0.15) is 23.8 Å². The molecule has 0 radical (unpaired) electrons. The van der Waals surface area contributed by atoms with Crippen molar-refractivity contribution in [1.82, 2.24) is 5.32 Å². The molecule has 0 amide bonds. The second kappa shape index (κ2) is 11.1. The fraction of sp³-hybridized carbons (Fsp3) is 0.138. The number of hydrogen-bond donors (Lipinski definition) is 1. The third kappa shape index (κ3) is 5.36. The summed E-state index contributed by atoms with van der Waals surface area (Å²) in [6.45, 7) is 1.94. The summed E-state index contributed by atoms with van der Waals surface area (Å²) in [5.41, 5.74) is 1.77. The van der Waals surface area contributed by atoms with Gasteiger partial charge in [-0.05, 0) is 18.1 Å². The smallest absolute Gasteiger partial charge is 0.323 e. The molecule has 0 saturated carbocycles. The first-order chi connectivity index (χ1) is 16.6. The summed E-state index contributed by atoms with van der Waals surface area (Å²) < 4.78 is 20.6. The summed E-state index contributed by atoms with van der Waals surface area (Å²) in [4.78, 5) is 12.9. The summed E-state index contributed by atoms with van der Waals surface area (Å²) in [6.07, 6.45) is 0. The van der Waals surface area contributed by atoms with Crippen molar-refractivity contribution in [2.45, 2.75) is 25.4 Å². The van der Waals surface area contributed by atoms with Crippen LogP contribution in [-0.2, 0) is 20.7 Å². The number of carbonyl (C=O) groups excluding carboxylic acids is 1. The molecule has 0 unspecified atom stereocenters. The number of carbonyl (C=O) groups is 1. The molecular weight excluding hydrogens is 441 g/mol. The van der Waals surface area contributed by atoms with E-state index in [1.807, 2.05) is 121 Å². The highest BCUT2D eigenvalue weighted by Crippen LogP contribution is 2.55. The maximum Gasteiger partial charge on any atom is 0.323 e. The Balaban J connectivity index is 1.69. The van der Waals surface area contributed by atoms with Crippen LogP contribution < -0.4 is 15.9 Å². The van der Waals surface area contributed by atoms with Gasteiger partial charge in [-0.25, -0.2) is 0 Å². The van der Waals surface area contributed by atoms with E-state index in [9.17, 15) is 4.79 Å². The van der Waals surface area contributed by atoms with Crippen LogP contribution in [0, 0.1) is 0 Å². The minimum atomic E-state index is -3.25. The maximum absolute atomic E-state index is 15.0. The lowest BCUT2D eigenvalue weighted by Crippen LogP contribution is -2.40. The molecule has 0 aliphatic rings. The van der Waals surface area contributed by atoms with Gasteiger partial charge in [-0.2, -0.15) is 0 Å². The second-order valence-electron chi connectivity index (χ2n) is 8.12. The van der Waals surface area contributed by atoms with E-state index in [0.717, 1.165) is 21.7 Å². The SMILES string of the molecule is C[C@@H](N[C@@H](c1ccccc1)P(=O)(c1ccccc1)c1ccccc1)C(=O)OCc1ccccc1. The number of ether oxygens (including phenoxy) is 1. The molecule has 0 bridgehead atoms. The number of hydrogen-bond acceptors (Lipinski definition) is 4. The molecule has 0 fully saturated rings. The van der Waals surface area contributed by atoms with Gasteiger partial charge in [-0.3, -0.25) is 10.1 Å². The van der Waals surface area contributed by atoms with Gasteiger partial charge in [0.15, 0.2) is 7.14 Å². The van der Waals surface area contributed by atoms with E-state index in [1.165, 1.54) is 0 Å². The fourth-order valence-corrected chi connectivity index (χ4v) is 7.10. The zero-order valence-electron chi connectivity index (χ0n) is 19.1. The Kier molecular flexibility index (Phi) is 7.74. The second-order valence-corrected chi connectivity index (χ2v) is 11.0. The summed E-state index contributed by atoms with van der Waals surface area (Å²) in [6, 6.07) is 37.5. The van der Waals surface area contributed by atoms with Crippen molar-refractivity contribution in [3.63, 3.8) is 0 Å². The maximum atomic E-state index is 15.0. The molecule has 5 heteroatoms. The molecule has 4 nitrogen and oxygen atoms in total. The van der Waals surface area contributed by atoms with Gasteiger partial charge in [-0.15, -0.1) is 0 Å². The van der Waals surface area contributed by atoms with Crippen molar-refractivity contribution in [3.8, 4) is 0 Å². The van der Waals surface area contributed by atoms with Crippen molar-refractivity contribution >= 4 is 23.7 Å². The highest BCUT2D eigenvalue weighted by Gasteiger charge is 2.39. The number of esters is 1. The van der Waals surface area contributed by atoms with Crippen LogP contribution in [0.5, 0.6) is 0 Å². The van der Waals surface area contributed by atoms with E-state index in [1.54, 1.807) is 6.92 Å². The number of benzene rings is 4.